The summed E-state index contributed by atoms with van der Waals surface area (Å²) in [4.78, 5) is 11.7. The van der Waals surface area contributed by atoms with Crippen LogP contribution in [0.2, 0.25) is 0 Å². The second-order valence-corrected chi connectivity index (χ2v) is 6.39. The molecule has 20 heavy (non-hydrogen) atoms. The third-order valence-corrected chi connectivity index (χ3v) is 4.73. The smallest absolute Gasteiger partial charge is 0.299 e. The summed E-state index contributed by atoms with van der Waals surface area (Å²) in [6.45, 7) is 6.67. The van der Waals surface area contributed by atoms with Crippen LogP contribution < -0.4 is 11.0 Å². The molecule has 7 heteroatoms. The maximum Gasteiger partial charge on any atom is 0.344 e. The van der Waals surface area contributed by atoms with Gasteiger partial charge >= 0.3 is 5.69 Å². The molecule has 6 nitrogen and oxygen atoms in total. The molecule has 1 aromatic rings. The average molecular weight is 295 g/mol. The van der Waals surface area contributed by atoms with Gasteiger partial charge in [-0.3, -0.25) is 9.88 Å². The molecule has 1 saturated carbocycles. The van der Waals surface area contributed by atoms with E-state index in [9.17, 15) is 10.1 Å². The second-order valence-electron chi connectivity index (χ2n) is 5.45. The Morgan fingerprint density at radius 2 is 2.35 bits per heavy atom. The van der Waals surface area contributed by atoms with Gasteiger partial charge in [-0.1, -0.05) is 18.7 Å². The van der Waals surface area contributed by atoms with Crippen molar-refractivity contribution in [2.45, 2.75) is 50.4 Å². The molecule has 1 aliphatic rings. The molecule has 1 unspecified atom stereocenters. The van der Waals surface area contributed by atoms with Crippen LogP contribution in [-0.2, 0) is 0 Å². The van der Waals surface area contributed by atoms with Crippen molar-refractivity contribution in [1.82, 2.24) is 20.1 Å². The minimum absolute atomic E-state index is 0.0558. The fraction of sp³-hybridized carbons (Fsp3) is 0.769. The van der Waals surface area contributed by atoms with E-state index in [0.717, 1.165) is 19.4 Å². The Morgan fingerprint density at radius 3 is 2.85 bits per heavy atom. The van der Waals surface area contributed by atoms with Crippen LogP contribution in [0.1, 0.15) is 39.7 Å². The number of aromatic nitrogens is 3. The maximum atomic E-state index is 11.7. The van der Waals surface area contributed by atoms with Crippen molar-refractivity contribution in [2.24, 2.45) is 5.92 Å². The third-order valence-electron chi connectivity index (χ3n) is 3.58. The molecular weight excluding hydrogens is 274 g/mol. The third kappa shape index (κ3) is 2.91. The Kier molecular flexibility index (Phi) is 4.55. The summed E-state index contributed by atoms with van der Waals surface area (Å²) < 4.78 is 1.63. The molecule has 0 spiro atoms. The van der Waals surface area contributed by atoms with Crippen LogP contribution in [0.25, 0.3) is 0 Å². The number of thioether (sulfide) groups is 1. The molecule has 2 rings (SSSR count). The highest BCUT2D eigenvalue weighted by atomic mass is 32.2. The van der Waals surface area contributed by atoms with Gasteiger partial charge in [0.1, 0.15) is 5.54 Å². The Balaban J connectivity index is 2.14. The highest BCUT2D eigenvalue weighted by Gasteiger charge is 2.45. The predicted molar refractivity (Wildman–Crippen MR) is 78.7 cm³/mol. The predicted octanol–water partition coefficient (Wildman–Crippen LogP) is 1.53. The van der Waals surface area contributed by atoms with E-state index < -0.39 is 5.54 Å². The monoisotopic (exact) mass is 295 g/mol. The largest absolute Gasteiger partial charge is 0.344 e. The van der Waals surface area contributed by atoms with E-state index >= 15 is 0 Å². The Hall–Kier alpha value is -1.26. The lowest BCUT2D eigenvalue weighted by molar-refractivity contribution is 0.415. The van der Waals surface area contributed by atoms with Crippen LogP contribution in [-0.4, -0.2) is 32.6 Å². The second kappa shape index (κ2) is 6.02. The van der Waals surface area contributed by atoms with Gasteiger partial charge in [-0.2, -0.15) is 5.26 Å². The van der Waals surface area contributed by atoms with E-state index in [1.54, 1.807) is 4.57 Å². The van der Waals surface area contributed by atoms with Gasteiger partial charge in [0, 0.05) is 11.8 Å². The van der Waals surface area contributed by atoms with Crippen LogP contribution >= 0.6 is 11.8 Å². The van der Waals surface area contributed by atoms with Crippen molar-refractivity contribution in [3.05, 3.63) is 10.5 Å². The van der Waals surface area contributed by atoms with Crippen LogP contribution in [0, 0.1) is 17.2 Å². The van der Waals surface area contributed by atoms with Gasteiger partial charge in [0.15, 0.2) is 5.16 Å². The SMILES string of the molecule is CCNC(C#N)(CSc1n[nH]c(=O)n1C(C)C)C1CC1. The van der Waals surface area contributed by atoms with Gasteiger partial charge in [-0.05, 0) is 39.2 Å². The summed E-state index contributed by atoms with van der Waals surface area (Å²) in [7, 11) is 0. The summed E-state index contributed by atoms with van der Waals surface area (Å²) >= 11 is 1.47. The summed E-state index contributed by atoms with van der Waals surface area (Å²) in [6.07, 6.45) is 2.19. The standard InChI is InChI=1S/C13H21N5OS/c1-4-15-13(7-14,10-5-6-10)8-20-12-17-16-11(19)18(12)9(2)3/h9-10,15H,4-6,8H2,1-3H3,(H,16,19). The van der Waals surface area contributed by atoms with Crippen molar-refractivity contribution in [3.8, 4) is 6.07 Å². The minimum Gasteiger partial charge on any atom is -0.299 e. The first kappa shape index (κ1) is 15.1. The lowest BCUT2D eigenvalue weighted by Gasteiger charge is -2.27. The summed E-state index contributed by atoms with van der Waals surface area (Å²) in [6, 6.07) is 2.50. The van der Waals surface area contributed by atoms with E-state index in [4.69, 9.17) is 0 Å². The Bertz CT molecular complexity index is 554. The van der Waals surface area contributed by atoms with Gasteiger partial charge in [0.05, 0.1) is 6.07 Å². The average Bonchev–Trinajstić information content (AvgIpc) is 3.19. The molecule has 0 saturated heterocycles. The molecule has 2 N–H and O–H groups in total. The number of aromatic amines is 1. The number of nitriles is 1. The van der Waals surface area contributed by atoms with Gasteiger partial charge < -0.3 is 0 Å². The Morgan fingerprint density at radius 1 is 1.65 bits per heavy atom. The molecule has 0 aliphatic heterocycles. The molecule has 0 amide bonds. The molecule has 0 radical (unpaired) electrons. The number of nitrogens with zero attached hydrogens (tertiary/aromatic N) is 3. The highest BCUT2D eigenvalue weighted by molar-refractivity contribution is 7.99. The molecule has 1 atom stereocenters. The number of hydrogen-bond donors (Lipinski definition) is 2. The first-order chi connectivity index (χ1) is 9.54. The summed E-state index contributed by atoms with van der Waals surface area (Å²) in [5.41, 5.74) is -0.698. The van der Waals surface area contributed by atoms with E-state index in [2.05, 4.69) is 21.6 Å². The first-order valence-electron chi connectivity index (χ1n) is 7.00. The van der Waals surface area contributed by atoms with Gasteiger partial charge in [-0.15, -0.1) is 5.10 Å². The molecule has 1 heterocycles. The fourth-order valence-corrected chi connectivity index (χ4v) is 3.70. The number of H-pyrrole nitrogens is 1. The number of hydrogen-bond acceptors (Lipinski definition) is 5. The molecular formula is C13H21N5OS. The molecule has 0 aromatic carbocycles. The highest BCUT2D eigenvalue weighted by Crippen LogP contribution is 2.41. The molecule has 1 fully saturated rings. The zero-order chi connectivity index (χ0) is 14.8. The lowest BCUT2D eigenvalue weighted by Crippen LogP contribution is -2.48. The van der Waals surface area contributed by atoms with Crippen LogP contribution in [0.4, 0.5) is 0 Å². The first-order valence-corrected chi connectivity index (χ1v) is 7.98. The Labute approximate surface area is 122 Å². The fourth-order valence-electron chi connectivity index (χ4n) is 2.39. The zero-order valence-electron chi connectivity index (χ0n) is 12.1. The van der Waals surface area contributed by atoms with Crippen LogP contribution in [0.5, 0.6) is 0 Å². The molecule has 1 aliphatic carbocycles. The molecule has 1 aromatic heterocycles. The van der Waals surface area contributed by atoms with Gasteiger partial charge in [0.2, 0.25) is 0 Å². The number of nitrogens with one attached hydrogen (secondary N) is 2. The van der Waals surface area contributed by atoms with E-state index in [1.165, 1.54) is 11.8 Å². The van der Waals surface area contributed by atoms with E-state index in [-0.39, 0.29) is 11.7 Å². The van der Waals surface area contributed by atoms with Gasteiger partial charge in [0.25, 0.3) is 0 Å². The summed E-state index contributed by atoms with van der Waals surface area (Å²) in [5.74, 6) is 1.03. The molecule has 0 bridgehead atoms. The molecule has 110 valence electrons. The maximum absolute atomic E-state index is 11.7. The summed E-state index contributed by atoms with van der Waals surface area (Å²) in [5, 5.41) is 20.1. The van der Waals surface area contributed by atoms with Crippen molar-refractivity contribution in [2.75, 3.05) is 12.3 Å². The van der Waals surface area contributed by atoms with Crippen molar-refractivity contribution >= 4 is 11.8 Å². The normalized spacial score (nSPS) is 17.9. The van der Waals surface area contributed by atoms with Crippen LogP contribution in [0.3, 0.4) is 0 Å². The van der Waals surface area contributed by atoms with Crippen LogP contribution in [0.15, 0.2) is 9.95 Å². The zero-order valence-corrected chi connectivity index (χ0v) is 13.0. The van der Waals surface area contributed by atoms with E-state index in [0.29, 0.717) is 16.8 Å². The topological polar surface area (TPSA) is 86.5 Å². The van der Waals surface area contributed by atoms with Crippen molar-refractivity contribution in [3.63, 3.8) is 0 Å². The van der Waals surface area contributed by atoms with E-state index in [1.807, 2.05) is 20.8 Å². The van der Waals surface area contributed by atoms with Gasteiger partial charge in [-0.25, -0.2) is 9.89 Å². The van der Waals surface area contributed by atoms with Crippen molar-refractivity contribution < 1.29 is 0 Å². The quantitative estimate of drug-likeness (QED) is 0.745. The minimum atomic E-state index is -0.504. The lowest BCUT2D eigenvalue weighted by atomic mass is 9.98. The number of rotatable bonds is 7. The van der Waals surface area contributed by atoms with Crippen molar-refractivity contribution in [1.29, 1.82) is 5.26 Å².